The highest BCUT2D eigenvalue weighted by Crippen LogP contribution is 2.24. The Morgan fingerprint density at radius 1 is 1.00 bits per heavy atom. The maximum absolute atomic E-state index is 9.72. The predicted octanol–water partition coefficient (Wildman–Crippen LogP) is 2.52. The molecule has 0 aliphatic carbocycles. The summed E-state index contributed by atoms with van der Waals surface area (Å²) in [5.74, 6) is -0.146. The SMILES string of the molecule is O/N=C(\Cc1ccccc1)c1ccc(O)cc1O. The Bertz CT molecular complexity index is 565. The summed E-state index contributed by atoms with van der Waals surface area (Å²) in [4.78, 5) is 0. The van der Waals surface area contributed by atoms with Crippen LogP contribution >= 0.6 is 0 Å². The predicted molar refractivity (Wildman–Crippen MR) is 68.2 cm³/mol. The summed E-state index contributed by atoms with van der Waals surface area (Å²) in [6, 6.07) is 13.7. The molecule has 0 atom stereocenters. The highest BCUT2D eigenvalue weighted by Gasteiger charge is 2.11. The van der Waals surface area contributed by atoms with Crippen molar-refractivity contribution in [2.75, 3.05) is 0 Å². The molecule has 0 saturated heterocycles. The molecule has 0 fully saturated rings. The van der Waals surface area contributed by atoms with Crippen LogP contribution < -0.4 is 0 Å². The fraction of sp³-hybridized carbons (Fsp3) is 0.0714. The zero-order valence-corrected chi connectivity index (χ0v) is 9.61. The number of phenolic OH excluding ortho intramolecular Hbond substituents is 2. The zero-order valence-electron chi connectivity index (χ0n) is 9.61. The van der Waals surface area contributed by atoms with Crippen molar-refractivity contribution >= 4 is 5.71 Å². The lowest BCUT2D eigenvalue weighted by atomic mass is 10.0. The maximum atomic E-state index is 9.72. The highest BCUT2D eigenvalue weighted by molar-refractivity contribution is 6.03. The first-order chi connectivity index (χ1) is 8.70. The van der Waals surface area contributed by atoms with Crippen molar-refractivity contribution < 1.29 is 15.4 Å². The number of nitrogens with zero attached hydrogens (tertiary/aromatic N) is 1. The summed E-state index contributed by atoms with van der Waals surface area (Å²) >= 11 is 0. The van der Waals surface area contributed by atoms with Gasteiger partial charge in [0.25, 0.3) is 0 Å². The number of benzene rings is 2. The van der Waals surface area contributed by atoms with Gasteiger partial charge in [-0.05, 0) is 17.7 Å². The van der Waals surface area contributed by atoms with E-state index in [0.29, 0.717) is 17.7 Å². The van der Waals surface area contributed by atoms with E-state index in [-0.39, 0.29) is 11.5 Å². The summed E-state index contributed by atoms with van der Waals surface area (Å²) in [5.41, 5.74) is 1.72. The van der Waals surface area contributed by atoms with Gasteiger partial charge in [-0.1, -0.05) is 35.5 Å². The molecule has 0 unspecified atom stereocenters. The van der Waals surface area contributed by atoms with Crippen LogP contribution in [0.2, 0.25) is 0 Å². The second-order valence-electron chi connectivity index (χ2n) is 3.91. The van der Waals surface area contributed by atoms with E-state index >= 15 is 0 Å². The molecule has 0 saturated carbocycles. The van der Waals surface area contributed by atoms with Crippen LogP contribution in [0.25, 0.3) is 0 Å². The number of rotatable bonds is 3. The third-order valence-corrected chi connectivity index (χ3v) is 2.63. The van der Waals surface area contributed by atoms with E-state index in [1.54, 1.807) is 0 Å². The van der Waals surface area contributed by atoms with E-state index in [0.717, 1.165) is 5.56 Å². The van der Waals surface area contributed by atoms with Crippen LogP contribution in [0.15, 0.2) is 53.7 Å². The van der Waals surface area contributed by atoms with Crippen LogP contribution in [0.1, 0.15) is 11.1 Å². The minimum atomic E-state index is -0.112. The molecule has 2 aromatic rings. The fourth-order valence-electron chi connectivity index (χ4n) is 1.74. The van der Waals surface area contributed by atoms with E-state index in [1.165, 1.54) is 18.2 Å². The summed E-state index contributed by atoms with van der Waals surface area (Å²) < 4.78 is 0. The zero-order chi connectivity index (χ0) is 13.0. The summed E-state index contributed by atoms with van der Waals surface area (Å²) in [6.07, 6.45) is 0.398. The Balaban J connectivity index is 2.30. The van der Waals surface area contributed by atoms with Gasteiger partial charge in [0.15, 0.2) is 0 Å². The number of hydrogen-bond acceptors (Lipinski definition) is 4. The lowest BCUT2D eigenvalue weighted by Gasteiger charge is -2.07. The van der Waals surface area contributed by atoms with Crippen molar-refractivity contribution in [3.63, 3.8) is 0 Å². The molecular formula is C14H13NO3. The summed E-state index contributed by atoms with van der Waals surface area (Å²) in [6.45, 7) is 0. The summed E-state index contributed by atoms with van der Waals surface area (Å²) in [7, 11) is 0. The van der Waals surface area contributed by atoms with Gasteiger partial charge < -0.3 is 15.4 Å². The fourth-order valence-corrected chi connectivity index (χ4v) is 1.74. The molecule has 4 heteroatoms. The van der Waals surface area contributed by atoms with E-state index < -0.39 is 0 Å². The molecule has 0 bridgehead atoms. The third-order valence-electron chi connectivity index (χ3n) is 2.63. The van der Waals surface area contributed by atoms with Crippen molar-refractivity contribution in [1.82, 2.24) is 0 Å². The van der Waals surface area contributed by atoms with Gasteiger partial charge in [0, 0.05) is 18.1 Å². The number of aromatic hydroxyl groups is 2. The average Bonchev–Trinajstić information content (AvgIpc) is 2.38. The lowest BCUT2D eigenvalue weighted by Crippen LogP contribution is -2.05. The molecule has 0 radical (unpaired) electrons. The first kappa shape index (κ1) is 12.0. The molecule has 2 aromatic carbocycles. The standard InChI is InChI=1S/C14H13NO3/c16-11-6-7-12(14(17)9-11)13(15-18)8-10-4-2-1-3-5-10/h1-7,9,16-18H,8H2/b15-13+. The molecule has 18 heavy (non-hydrogen) atoms. The van der Waals surface area contributed by atoms with Crippen LogP contribution in [0, 0.1) is 0 Å². The van der Waals surface area contributed by atoms with Crippen LogP contribution in [0.3, 0.4) is 0 Å². The highest BCUT2D eigenvalue weighted by atomic mass is 16.4. The average molecular weight is 243 g/mol. The molecule has 0 spiro atoms. The van der Waals surface area contributed by atoms with Gasteiger partial charge in [0.05, 0.1) is 5.71 Å². The molecule has 0 aromatic heterocycles. The van der Waals surface area contributed by atoms with E-state index in [2.05, 4.69) is 5.16 Å². The second kappa shape index (κ2) is 5.23. The van der Waals surface area contributed by atoms with Gasteiger partial charge in [-0.3, -0.25) is 0 Å². The number of hydrogen-bond donors (Lipinski definition) is 3. The van der Waals surface area contributed by atoms with Crippen molar-refractivity contribution in [2.24, 2.45) is 5.16 Å². The lowest BCUT2D eigenvalue weighted by molar-refractivity contribution is 0.318. The van der Waals surface area contributed by atoms with Gasteiger partial charge in [-0.2, -0.15) is 0 Å². The van der Waals surface area contributed by atoms with Crippen LogP contribution in [0.5, 0.6) is 11.5 Å². The smallest absolute Gasteiger partial charge is 0.128 e. The maximum Gasteiger partial charge on any atom is 0.128 e. The number of phenols is 2. The van der Waals surface area contributed by atoms with Crippen LogP contribution in [-0.2, 0) is 6.42 Å². The topological polar surface area (TPSA) is 73.1 Å². The Labute approximate surface area is 104 Å². The monoisotopic (exact) mass is 243 g/mol. The van der Waals surface area contributed by atoms with Crippen molar-refractivity contribution in [3.8, 4) is 11.5 Å². The molecular weight excluding hydrogens is 230 g/mol. The molecule has 3 N–H and O–H groups in total. The Hall–Kier alpha value is -2.49. The minimum absolute atomic E-state index is 0.0340. The third kappa shape index (κ3) is 2.60. The molecule has 2 rings (SSSR count). The number of oxime groups is 1. The van der Waals surface area contributed by atoms with Gasteiger partial charge in [0.1, 0.15) is 11.5 Å². The largest absolute Gasteiger partial charge is 0.508 e. The Morgan fingerprint density at radius 3 is 2.33 bits per heavy atom. The van der Waals surface area contributed by atoms with Gasteiger partial charge in [0.2, 0.25) is 0 Å². The van der Waals surface area contributed by atoms with E-state index in [1.807, 2.05) is 30.3 Å². The van der Waals surface area contributed by atoms with E-state index in [4.69, 9.17) is 5.21 Å². The minimum Gasteiger partial charge on any atom is -0.508 e. The molecule has 0 heterocycles. The van der Waals surface area contributed by atoms with Gasteiger partial charge >= 0.3 is 0 Å². The van der Waals surface area contributed by atoms with Crippen molar-refractivity contribution in [2.45, 2.75) is 6.42 Å². The Kier molecular flexibility index (Phi) is 3.48. The second-order valence-corrected chi connectivity index (χ2v) is 3.91. The van der Waals surface area contributed by atoms with Crippen LogP contribution in [0.4, 0.5) is 0 Å². The first-order valence-electron chi connectivity index (χ1n) is 5.48. The van der Waals surface area contributed by atoms with Gasteiger partial charge in [-0.25, -0.2) is 0 Å². The van der Waals surface area contributed by atoms with Crippen molar-refractivity contribution in [1.29, 1.82) is 0 Å². The summed E-state index contributed by atoms with van der Waals surface area (Å²) in [5, 5.41) is 31.2. The quantitative estimate of drug-likeness (QED) is 0.440. The first-order valence-corrected chi connectivity index (χ1v) is 5.48. The molecule has 92 valence electrons. The van der Waals surface area contributed by atoms with Crippen LogP contribution in [-0.4, -0.2) is 21.1 Å². The molecule has 0 amide bonds. The molecule has 0 aliphatic heterocycles. The molecule has 0 aliphatic rings. The van der Waals surface area contributed by atoms with Crippen molar-refractivity contribution in [3.05, 3.63) is 59.7 Å². The van der Waals surface area contributed by atoms with E-state index in [9.17, 15) is 10.2 Å². The molecule has 4 nitrogen and oxygen atoms in total. The Morgan fingerprint density at radius 2 is 1.72 bits per heavy atom. The van der Waals surface area contributed by atoms with Gasteiger partial charge in [-0.15, -0.1) is 0 Å². The normalized spacial score (nSPS) is 11.4.